The molecule has 2 aromatic rings. The summed E-state index contributed by atoms with van der Waals surface area (Å²) in [5.41, 5.74) is 12.2. The van der Waals surface area contributed by atoms with Gasteiger partial charge in [-0.1, -0.05) is 42.5 Å². The maximum atomic E-state index is 13.7. The predicted octanol–water partition coefficient (Wildman–Crippen LogP) is -0.247. The molecule has 0 radical (unpaired) electrons. The summed E-state index contributed by atoms with van der Waals surface area (Å²) in [7, 11) is 0. The zero-order chi connectivity index (χ0) is 47.0. The Labute approximate surface area is 372 Å². The molecule has 0 spiro atoms. The van der Waals surface area contributed by atoms with Gasteiger partial charge in [-0.15, -0.1) is 0 Å². The number of amides is 5. The number of fused-ring (bicyclic) bond motifs is 1. The zero-order valence-corrected chi connectivity index (χ0v) is 36.2. The molecule has 64 heavy (non-hydrogen) atoms. The Balaban J connectivity index is 1.52. The number of carbonyl (C=O) groups excluding carboxylic acids is 4. The number of aliphatic carboxylic acids is 4. The first-order valence-electron chi connectivity index (χ1n) is 21.7. The molecule has 1 fully saturated rings. The summed E-state index contributed by atoms with van der Waals surface area (Å²) in [6.45, 7) is 2.92. The fourth-order valence-electron chi connectivity index (χ4n) is 7.57. The molecule has 3 atom stereocenters. The van der Waals surface area contributed by atoms with Crippen LogP contribution in [0.3, 0.4) is 0 Å². The van der Waals surface area contributed by atoms with Crippen molar-refractivity contribution in [2.45, 2.75) is 82.3 Å². The number of carboxylic acid groups (broad SMARTS) is 4. The number of hydrogen-bond acceptors (Lipinski definition) is 12. The number of unbranched alkanes of at least 4 members (excludes halogenated alkanes) is 1. The van der Waals surface area contributed by atoms with Crippen molar-refractivity contribution in [3.8, 4) is 0 Å². The lowest BCUT2D eigenvalue weighted by atomic mass is 9.81. The van der Waals surface area contributed by atoms with E-state index in [0.717, 1.165) is 16.3 Å². The largest absolute Gasteiger partial charge is 0.481 e. The number of urea groups is 1. The number of carbonyl (C=O) groups is 8. The summed E-state index contributed by atoms with van der Waals surface area (Å²) in [4.78, 5) is 101. The van der Waals surface area contributed by atoms with Crippen molar-refractivity contribution < 1.29 is 58.8 Å². The first-order valence-corrected chi connectivity index (χ1v) is 21.7. The smallest absolute Gasteiger partial charge is 0.326 e. The standard InChI is InChI=1S/C43H65N9O12/c44-16-19-51(21-22-52(20-17-45)27-38(56)57)26-36(53)47-25-28-8-12-31(13-9-28)39(58)48-35(24-29-10-11-30-5-1-2-6-32(30)23-29)40(59)46-18-4-3-7-33(41(60)61)49-43(64)50-34(42(62)63)14-15-37(54)55/h1-2,5-6,10-11,23,28,31,33-35H,3-4,7-9,12-22,24-27,44-45H2,(H,46,59)(H,47,53)(H,48,58)(H,54,55)(H,56,57)(H,60,61)(H,62,63)(H2,49,50,64)/t28-,31-,33-,34-,35-/m0/s1. The topological polar surface area (TPSA) is 336 Å². The molecule has 0 unspecified atom stereocenters. The van der Waals surface area contributed by atoms with E-state index in [1.165, 1.54) is 0 Å². The number of nitrogens with two attached hydrogens (primary N) is 2. The van der Waals surface area contributed by atoms with E-state index in [4.69, 9.17) is 16.6 Å². The first kappa shape index (κ1) is 52.4. The number of hydrogen-bond donors (Lipinski definition) is 11. The van der Waals surface area contributed by atoms with Gasteiger partial charge in [-0.05, 0) is 73.6 Å². The highest BCUT2D eigenvalue weighted by atomic mass is 16.4. The molecule has 3 rings (SSSR count). The van der Waals surface area contributed by atoms with Crippen LogP contribution in [0.25, 0.3) is 10.8 Å². The molecule has 354 valence electrons. The molecule has 1 aliphatic rings. The van der Waals surface area contributed by atoms with E-state index in [1.807, 2.05) is 47.4 Å². The molecule has 21 heteroatoms. The van der Waals surface area contributed by atoms with Gasteiger partial charge >= 0.3 is 29.9 Å². The van der Waals surface area contributed by atoms with Crippen LogP contribution in [-0.4, -0.2) is 161 Å². The summed E-state index contributed by atoms with van der Waals surface area (Å²) < 4.78 is 0. The van der Waals surface area contributed by atoms with E-state index in [9.17, 15) is 53.7 Å². The zero-order valence-electron chi connectivity index (χ0n) is 36.2. The van der Waals surface area contributed by atoms with Crippen LogP contribution in [0.2, 0.25) is 0 Å². The molecular weight excluding hydrogens is 835 g/mol. The van der Waals surface area contributed by atoms with Crippen LogP contribution in [0, 0.1) is 11.8 Å². The van der Waals surface area contributed by atoms with Crippen LogP contribution >= 0.6 is 0 Å². The lowest BCUT2D eigenvalue weighted by Gasteiger charge is -2.30. The lowest BCUT2D eigenvalue weighted by molar-refractivity contribution is -0.141. The van der Waals surface area contributed by atoms with Crippen molar-refractivity contribution in [3.05, 3.63) is 48.0 Å². The molecule has 0 aliphatic heterocycles. The molecule has 21 nitrogen and oxygen atoms in total. The minimum Gasteiger partial charge on any atom is -0.481 e. The summed E-state index contributed by atoms with van der Waals surface area (Å²) in [6, 6.07) is 8.66. The van der Waals surface area contributed by atoms with Crippen LogP contribution in [0.15, 0.2) is 42.5 Å². The molecule has 0 bridgehead atoms. The van der Waals surface area contributed by atoms with Crippen LogP contribution in [0.4, 0.5) is 4.79 Å². The van der Waals surface area contributed by atoms with Gasteiger partial charge in [0.05, 0.1) is 13.1 Å². The minimum atomic E-state index is -1.53. The summed E-state index contributed by atoms with van der Waals surface area (Å²) in [5.74, 6) is -6.10. The summed E-state index contributed by atoms with van der Waals surface area (Å²) in [6.07, 6.45) is 2.32. The molecular formula is C43H65N9O12. The molecule has 13 N–H and O–H groups in total. The third-order valence-electron chi connectivity index (χ3n) is 11.1. The number of nitrogens with one attached hydrogen (secondary N) is 5. The first-order chi connectivity index (χ1) is 30.6. The second-order valence-corrected chi connectivity index (χ2v) is 16.1. The van der Waals surface area contributed by atoms with Crippen molar-refractivity contribution in [2.24, 2.45) is 23.3 Å². The molecule has 0 heterocycles. The molecule has 1 saturated carbocycles. The van der Waals surface area contributed by atoms with Crippen LogP contribution < -0.4 is 38.1 Å². The highest BCUT2D eigenvalue weighted by molar-refractivity contribution is 5.89. The number of benzene rings is 2. The highest BCUT2D eigenvalue weighted by Gasteiger charge is 2.30. The van der Waals surface area contributed by atoms with Crippen molar-refractivity contribution >= 4 is 58.4 Å². The summed E-state index contributed by atoms with van der Waals surface area (Å²) in [5, 5.41) is 52.0. The van der Waals surface area contributed by atoms with E-state index in [2.05, 4.69) is 26.6 Å². The molecule has 5 amide bonds. The Kier molecular flexibility index (Phi) is 23.0. The van der Waals surface area contributed by atoms with Crippen LogP contribution in [-0.2, 0) is 40.0 Å². The van der Waals surface area contributed by atoms with Gasteiger partial charge in [-0.2, -0.15) is 0 Å². The third-order valence-corrected chi connectivity index (χ3v) is 11.1. The van der Waals surface area contributed by atoms with E-state index in [-0.39, 0.29) is 62.5 Å². The highest BCUT2D eigenvalue weighted by Crippen LogP contribution is 2.29. The van der Waals surface area contributed by atoms with E-state index in [0.29, 0.717) is 77.9 Å². The van der Waals surface area contributed by atoms with Crippen molar-refractivity contribution in [1.29, 1.82) is 0 Å². The second-order valence-electron chi connectivity index (χ2n) is 16.1. The minimum absolute atomic E-state index is 0.0491. The van der Waals surface area contributed by atoms with E-state index in [1.54, 1.807) is 4.90 Å². The Morgan fingerprint density at radius 2 is 1.27 bits per heavy atom. The van der Waals surface area contributed by atoms with Crippen molar-refractivity contribution in [1.82, 2.24) is 36.4 Å². The maximum absolute atomic E-state index is 13.7. The maximum Gasteiger partial charge on any atom is 0.326 e. The van der Waals surface area contributed by atoms with Gasteiger partial charge in [-0.25, -0.2) is 14.4 Å². The Hall–Kier alpha value is -5.90. The van der Waals surface area contributed by atoms with Gasteiger partial charge in [0.15, 0.2) is 0 Å². The monoisotopic (exact) mass is 899 g/mol. The summed E-state index contributed by atoms with van der Waals surface area (Å²) >= 11 is 0. The van der Waals surface area contributed by atoms with Crippen LogP contribution in [0.5, 0.6) is 0 Å². The molecule has 1 aliphatic carbocycles. The van der Waals surface area contributed by atoms with Gasteiger partial charge in [-0.3, -0.25) is 33.8 Å². The predicted molar refractivity (Wildman–Crippen MR) is 235 cm³/mol. The molecule has 0 aromatic heterocycles. The fraction of sp³-hybridized carbons (Fsp3) is 0.581. The van der Waals surface area contributed by atoms with Gasteiger partial charge in [0.1, 0.15) is 18.1 Å². The van der Waals surface area contributed by atoms with E-state index >= 15 is 0 Å². The molecule has 2 aromatic carbocycles. The van der Waals surface area contributed by atoms with Gasteiger partial charge in [0, 0.05) is 71.1 Å². The third kappa shape index (κ3) is 19.7. The lowest BCUT2D eigenvalue weighted by Crippen LogP contribution is -2.51. The SMILES string of the molecule is NCCN(CCN(CCN)CC(=O)NC[C@H]1CC[C@H](C(=O)N[C@@H](Cc2ccc3ccccc3c2)C(=O)NCCCC[C@H](NC(=O)N[C@@H](CCC(=O)O)C(=O)O)C(=O)O)CC1)CC(=O)O. The Morgan fingerprint density at radius 1 is 0.656 bits per heavy atom. The van der Waals surface area contributed by atoms with E-state index < -0.39 is 66.8 Å². The van der Waals surface area contributed by atoms with Gasteiger partial charge in [0.2, 0.25) is 17.7 Å². The van der Waals surface area contributed by atoms with Crippen LogP contribution in [0.1, 0.15) is 63.4 Å². The Bertz CT molecular complexity index is 1880. The Morgan fingerprint density at radius 3 is 1.86 bits per heavy atom. The average Bonchev–Trinajstić information content (AvgIpc) is 3.25. The number of carboxylic acids is 4. The molecule has 0 saturated heterocycles. The normalized spacial score (nSPS) is 16.3. The average molecular weight is 900 g/mol. The van der Waals surface area contributed by atoms with Crippen molar-refractivity contribution in [3.63, 3.8) is 0 Å². The second kappa shape index (κ2) is 28.0. The van der Waals surface area contributed by atoms with Crippen molar-refractivity contribution in [2.75, 3.05) is 65.4 Å². The number of rotatable bonds is 30. The quantitative estimate of drug-likeness (QED) is 0.0451. The fourth-order valence-corrected chi connectivity index (χ4v) is 7.57. The van der Waals surface area contributed by atoms with Gasteiger partial charge in [0.25, 0.3) is 0 Å². The number of nitrogens with zero attached hydrogens (tertiary/aromatic N) is 2. The van der Waals surface area contributed by atoms with Gasteiger partial charge < -0.3 is 58.5 Å².